The molecule has 0 saturated carbocycles. The van der Waals surface area contributed by atoms with Gasteiger partial charge < -0.3 is 15.4 Å². The molecule has 2 amide bonds. The van der Waals surface area contributed by atoms with Crippen molar-refractivity contribution in [3.8, 4) is 5.75 Å². The van der Waals surface area contributed by atoms with Crippen LogP contribution in [0.1, 0.15) is 16.8 Å². The lowest BCUT2D eigenvalue weighted by Gasteiger charge is -2.13. The normalized spacial score (nSPS) is 11.0. The summed E-state index contributed by atoms with van der Waals surface area (Å²) < 4.78 is 32.3. The van der Waals surface area contributed by atoms with Crippen LogP contribution < -0.4 is 20.1 Å². The summed E-state index contributed by atoms with van der Waals surface area (Å²) in [7, 11) is -2.40. The van der Waals surface area contributed by atoms with Gasteiger partial charge in [-0.25, -0.2) is 13.1 Å². The van der Waals surface area contributed by atoms with Crippen LogP contribution in [0, 0.1) is 0 Å². The third-order valence-corrected chi connectivity index (χ3v) is 6.39. The smallest absolute Gasteiger partial charge is 0.257 e. The number of halogens is 1. The van der Waals surface area contributed by atoms with E-state index in [2.05, 4.69) is 20.3 Å². The van der Waals surface area contributed by atoms with Crippen LogP contribution in [-0.2, 0) is 14.8 Å². The number of hydrogen-bond acceptors (Lipinski definition) is 6. The lowest BCUT2D eigenvalue weighted by molar-refractivity contribution is -0.116. The van der Waals surface area contributed by atoms with Gasteiger partial charge in [0.1, 0.15) is 10.6 Å². The van der Waals surface area contributed by atoms with Crippen LogP contribution in [0.15, 0.2) is 71.9 Å². The number of nitrogens with one attached hydrogen (secondary N) is 3. The zero-order valence-electron chi connectivity index (χ0n) is 17.5. The Kier molecular flexibility index (Phi) is 7.99. The second-order valence-corrected chi connectivity index (χ2v) is 8.88. The van der Waals surface area contributed by atoms with Crippen molar-refractivity contribution in [2.24, 2.45) is 0 Å². The van der Waals surface area contributed by atoms with E-state index in [1.807, 2.05) is 0 Å². The van der Waals surface area contributed by atoms with E-state index in [0.29, 0.717) is 22.7 Å². The van der Waals surface area contributed by atoms with E-state index in [1.54, 1.807) is 48.7 Å². The number of methoxy groups -OCH3 is 1. The highest BCUT2D eigenvalue weighted by molar-refractivity contribution is 7.89. The maximum atomic E-state index is 12.3. The molecule has 172 valence electrons. The fourth-order valence-corrected chi connectivity index (χ4v) is 4.38. The Hall–Kier alpha value is -3.47. The molecule has 0 aliphatic rings. The molecule has 3 aromatic rings. The van der Waals surface area contributed by atoms with Gasteiger partial charge in [0.05, 0.1) is 23.4 Å². The summed E-state index contributed by atoms with van der Waals surface area (Å²) in [4.78, 5) is 28.4. The molecule has 0 aliphatic heterocycles. The molecule has 0 bridgehead atoms. The topological polar surface area (TPSA) is 126 Å². The first kappa shape index (κ1) is 24.2. The quantitative estimate of drug-likeness (QED) is 0.424. The fourth-order valence-electron chi connectivity index (χ4n) is 2.83. The molecular formula is C22H21ClN4O5S. The number of sulfonamides is 1. The highest BCUT2D eigenvalue weighted by Gasteiger charge is 2.17. The van der Waals surface area contributed by atoms with Gasteiger partial charge in [0.25, 0.3) is 5.91 Å². The van der Waals surface area contributed by atoms with Gasteiger partial charge in [-0.1, -0.05) is 23.7 Å². The van der Waals surface area contributed by atoms with Crippen molar-refractivity contribution in [3.63, 3.8) is 0 Å². The van der Waals surface area contributed by atoms with Crippen molar-refractivity contribution in [2.75, 3.05) is 24.3 Å². The van der Waals surface area contributed by atoms with Crippen LogP contribution in [0.25, 0.3) is 0 Å². The molecule has 0 aliphatic carbocycles. The van der Waals surface area contributed by atoms with E-state index < -0.39 is 15.9 Å². The number of rotatable bonds is 9. The Morgan fingerprint density at radius 3 is 2.55 bits per heavy atom. The largest absolute Gasteiger partial charge is 0.494 e. The Morgan fingerprint density at radius 1 is 1.06 bits per heavy atom. The Labute approximate surface area is 196 Å². The van der Waals surface area contributed by atoms with Gasteiger partial charge in [0.2, 0.25) is 15.9 Å². The minimum absolute atomic E-state index is 0.0549. The molecule has 3 rings (SSSR count). The number of carbonyl (C=O) groups is 2. The Morgan fingerprint density at radius 2 is 1.85 bits per heavy atom. The predicted octanol–water partition coefficient (Wildman–Crippen LogP) is 3.30. The Balaban J connectivity index is 1.57. The van der Waals surface area contributed by atoms with Gasteiger partial charge in [-0.2, -0.15) is 0 Å². The summed E-state index contributed by atoms with van der Waals surface area (Å²) in [5, 5.41) is 5.48. The molecule has 11 heteroatoms. The second kappa shape index (κ2) is 10.9. The number of carbonyl (C=O) groups excluding carboxylic acids is 2. The lowest BCUT2D eigenvalue weighted by atomic mass is 10.2. The molecule has 1 heterocycles. The summed E-state index contributed by atoms with van der Waals surface area (Å²) in [6, 6.07) is 14.0. The van der Waals surface area contributed by atoms with Gasteiger partial charge in [-0.05, 0) is 36.4 Å². The van der Waals surface area contributed by atoms with E-state index in [9.17, 15) is 18.0 Å². The minimum Gasteiger partial charge on any atom is -0.494 e. The number of ether oxygens (including phenoxy) is 1. The van der Waals surface area contributed by atoms with Crippen molar-refractivity contribution < 1.29 is 22.7 Å². The molecule has 0 fully saturated rings. The van der Waals surface area contributed by atoms with Gasteiger partial charge in [-0.15, -0.1) is 0 Å². The van der Waals surface area contributed by atoms with Crippen molar-refractivity contribution >= 4 is 44.8 Å². The minimum atomic E-state index is -3.84. The summed E-state index contributed by atoms with van der Waals surface area (Å²) >= 11 is 5.93. The van der Waals surface area contributed by atoms with Gasteiger partial charge in [0, 0.05) is 37.1 Å². The number of nitrogens with zero attached hydrogens (tertiary/aromatic N) is 1. The zero-order valence-corrected chi connectivity index (χ0v) is 19.1. The number of anilines is 2. The number of benzene rings is 2. The number of aromatic nitrogens is 1. The maximum Gasteiger partial charge on any atom is 0.257 e. The average Bonchev–Trinajstić information content (AvgIpc) is 2.80. The van der Waals surface area contributed by atoms with Gasteiger partial charge in [0.15, 0.2) is 0 Å². The predicted molar refractivity (Wildman–Crippen MR) is 125 cm³/mol. The molecule has 3 N–H and O–H groups in total. The van der Waals surface area contributed by atoms with Crippen molar-refractivity contribution in [1.82, 2.24) is 9.71 Å². The van der Waals surface area contributed by atoms with Crippen LogP contribution in [0.2, 0.25) is 5.02 Å². The second-order valence-electron chi connectivity index (χ2n) is 6.74. The van der Waals surface area contributed by atoms with Gasteiger partial charge in [-0.3, -0.25) is 14.6 Å². The van der Waals surface area contributed by atoms with Crippen LogP contribution in [0.5, 0.6) is 5.75 Å². The first-order valence-electron chi connectivity index (χ1n) is 9.73. The number of pyridine rings is 1. The molecule has 33 heavy (non-hydrogen) atoms. The standard InChI is InChI=1S/C22H21ClN4O5S/c1-32-19-13-16(8-9-18(19)27-22(29)15-5-4-11-24-14-15)26-21(28)10-12-25-33(30,31)20-7-3-2-6-17(20)23/h2-9,11,13-14,25H,10,12H2,1H3,(H,26,28)(H,27,29). The van der Waals surface area contributed by atoms with Crippen LogP contribution >= 0.6 is 11.6 Å². The third-order valence-electron chi connectivity index (χ3n) is 4.43. The third kappa shape index (κ3) is 6.51. The Bertz CT molecular complexity index is 1250. The number of hydrogen-bond donors (Lipinski definition) is 3. The maximum absolute atomic E-state index is 12.3. The van der Waals surface area contributed by atoms with Crippen molar-refractivity contribution in [1.29, 1.82) is 0 Å². The van der Waals surface area contributed by atoms with Crippen LogP contribution in [0.4, 0.5) is 11.4 Å². The van der Waals surface area contributed by atoms with Gasteiger partial charge >= 0.3 is 0 Å². The lowest BCUT2D eigenvalue weighted by Crippen LogP contribution is -2.28. The SMILES string of the molecule is COc1cc(NC(=O)CCNS(=O)(=O)c2ccccc2Cl)ccc1NC(=O)c1cccnc1. The summed E-state index contributed by atoms with van der Waals surface area (Å²) in [5.74, 6) is -0.431. The molecule has 0 spiro atoms. The molecule has 2 aromatic carbocycles. The molecular weight excluding hydrogens is 468 g/mol. The molecule has 0 atom stereocenters. The molecule has 0 radical (unpaired) electrons. The van der Waals surface area contributed by atoms with Crippen molar-refractivity contribution in [3.05, 3.63) is 77.6 Å². The summed E-state index contributed by atoms with van der Waals surface area (Å²) in [6.45, 7) is -0.115. The first-order valence-corrected chi connectivity index (χ1v) is 11.6. The molecule has 9 nitrogen and oxygen atoms in total. The fraction of sp³-hybridized carbons (Fsp3) is 0.136. The molecule has 1 aromatic heterocycles. The van der Waals surface area contributed by atoms with Crippen LogP contribution in [-0.4, -0.2) is 38.9 Å². The van der Waals surface area contributed by atoms with Crippen LogP contribution in [0.3, 0.4) is 0 Å². The van der Waals surface area contributed by atoms with E-state index in [1.165, 1.54) is 25.4 Å². The number of amides is 2. The van der Waals surface area contributed by atoms with E-state index >= 15 is 0 Å². The first-order chi connectivity index (χ1) is 15.8. The van der Waals surface area contributed by atoms with Crippen molar-refractivity contribution in [2.45, 2.75) is 11.3 Å². The average molecular weight is 489 g/mol. The van der Waals surface area contributed by atoms with E-state index in [4.69, 9.17) is 16.3 Å². The zero-order chi connectivity index (χ0) is 23.8. The monoisotopic (exact) mass is 488 g/mol. The highest BCUT2D eigenvalue weighted by Crippen LogP contribution is 2.28. The summed E-state index contributed by atoms with van der Waals surface area (Å²) in [6.07, 6.45) is 2.90. The van der Waals surface area contributed by atoms with E-state index in [-0.39, 0.29) is 28.8 Å². The highest BCUT2D eigenvalue weighted by atomic mass is 35.5. The van der Waals surface area contributed by atoms with E-state index in [0.717, 1.165) is 0 Å². The molecule has 0 saturated heterocycles. The summed E-state index contributed by atoms with van der Waals surface area (Å²) in [5.41, 5.74) is 1.22. The molecule has 0 unspecified atom stereocenters.